The van der Waals surface area contributed by atoms with Crippen LogP contribution in [0.4, 0.5) is 10.5 Å². The number of urea groups is 1. The Labute approximate surface area is 121 Å². The number of nitrogens with zero attached hydrogens (tertiary/aromatic N) is 2. The van der Waals surface area contributed by atoms with E-state index in [0.29, 0.717) is 17.9 Å². The molecule has 0 atom stereocenters. The van der Waals surface area contributed by atoms with Gasteiger partial charge in [-0.3, -0.25) is 0 Å². The van der Waals surface area contributed by atoms with E-state index < -0.39 is 12.0 Å². The number of aromatic carboxylic acids is 1. The van der Waals surface area contributed by atoms with Crippen molar-refractivity contribution in [1.82, 2.24) is 14.9 Å². The zero-order chi connectivity index (χ0) is 15.4. The molecule has 1 aromatic heterocycles. The molecule has 110 valence electrons. The second kappa shape index (κ2) is 6.08. The predicted octanol–water partition coefficient (Wildman–Crippen LogP) is 2.08. The van der Waals surface area contributed by atoms with Gasteiger partial charge in [0.15, 0.2) is 0 Å². The Bertz CT molecular complexity index is 652. The Morgan fingerprint density at radius 1 is 1.43 bits per heavy atom. The average molecular weight is 288 g/mol. The Morgan fingerprint density at radius 3 is 2.81 bits per heavy atom. The van der Waals surface area contributed by atoms with Crippen molar-refractivity contribution in [2.75, 3.05) is 12.4 Å². The number of aromatic amines is 1. The topological polar surface area (TPSA) is 98.3 Å². The second-order valence-electron chi connectivity index (χ2n) is 4.62. The summed E-state index contributed by atoms with van der Waals surface area (Å²) in [6.07, 6.45) is 3.27. The number of hydrogen-bond donors (Lipinski definition) is 3. The van der Waals surface area contributed by atoms with Gasteiger partial charge in [-0.15, -0.1) is 0 Å². The molecule has 3 N–H and O–H groups in total. The highest BCUT2D eigenvalue weighted by Gasteiger charge is 2.17. The van der Waals surface area contributed by atoms with Gasteiger partial charge in [-0.25, -0.2) is 14.6 Å². The van der Waals surface area contributed by atoms with E-state index in [1.807, 2.05) is 0 Å². The molecule has 1 aromatic carbocycles. The van der Waals surface area contributed by atoms with E-state index in [9.17, 15) is 14.7 Å². The van der Waals surface area contributed by atoms with Crippen LogP contribution in [0.1, 0.15) is 21.7 Å². The molecule has 7 nitrogen and oxygen atoms in total. The highest BCUT2D eigenvalue weighted by Crippen LogP contribution is 2.20. The number of carboxylic acids is 1. The Balaban J connectivity index is 2.12. The number of aryl methyl sites for hydroxylation is 1. The Kier molecular flexibility index (Phi) is 4.22. The minimum absolute atomic E-state index is 0.0947. The molecule has 0 saturated heterocycles. The van der Waals surface area contributed by atoms with Crippen molar-refractivity contribution in [3.05, 3.63) is 47.5 Å². The Hall–Kier alpha value is -2.83. The van der Waals surface area contributed by atoms with Crippen LogP contribution in [0, 0.1) is 6.92 Å². The first kappa shape index (κ1) is 14.6. The smallest absolute Gasteiger partial charge is 0.338 e. The van der Waals surface area contributed by atoms with Gasteiger partial charge in [0.25, 0.3) is 0 Å². The van der Waals surface area contributed by atoms with Crippen LogP contribution < -0.4 is 5.32 Å². The molecule has 0 fully saturated rings. The summed E-state index contributed by atoms with van der Waals surface area (Å²) in [6.45, 7) is 1.98. The van der Waals surface area contributed by atoms with Crippen LogP contribution in [0.3, 0.4) is 0 Å². The normalized spacial score (nSPS) is 10.2. The summed E-state index contributed by atoms with van der Waals surface area (Å²) < 4.78 is 0. The molecule has 0 unspecified atom stereocenters. The first-order chi connectivity index (χ1) is 9.99. The highest BCUT2D eigenvalue weighted by molar-refractivity contribution is 6.01. The molecule has 0 saturated carbocycles. The van der Waals surface area contributed by atoms with E-state index >= 15 is 0 Å². The van der Waals surface area contributed by atoms with Gasteiger partial charge in [0.05, 0.1) is 17.8 Å². The van der Waals surface area contributed by atoms with Crippen molar-refractivity contribution < 1.29 is 14.7 Å². The molecule has 0 spiro atoms. The molecule has 2 amide bonds. The van der Waals surface area contributed by atoms with Crippen molar-refractivity contribution >= 4 is 17.7 Å². The summed E-state index contributed by atoms with van der Waals surface area (Å²) in [5, 5.41) is 11.8. The molecule has 1 heterocycles. The number of carbonyl (C=O) groups excluding carboxylic acids is 1. The number of rotatable bonds is 4. The van der Waals surface area contributed by atoms with Gasteiger partial charge in [0, 0.05) is 19.4 Å². The standard InChI is InChI=1S/C14H16N4O3/c1-9-4-3-5-10(12(9)13(19)20)17-14(21)18(2)8-11-15-6-7-16-11/h3-7H,8H2,1-2H3,(H,15,16)(H,17,21)(H,19,20). The molecule has 7 heteroatoms. The molecule has 2 rings (SSSR count). The van der Waals surface area contributed by atoms with Gasteiger partial charge in [-0.1, -0.05) is 12.1 Å². The maximum Gasteiger partial charge on any atom is 0.338 e. The van der Waals surface area contributed by atoms with E-state index in [-0.39, 0.29) is 11.3 Å². The van der Waals surface area contributed by atoms with Crippen LogP contribution in [0.5, 0.6) is 0 Å². The first-order valence-corrected chi connectivity index (χ1v) is 6.32. The number of carbonyl (C=O) groups is 2. The third kappa shape index (κ3) is 3.38. The lowest BCUT2D eigenvalue weighted by molar-refractivity contribution is 0.0697. The number of amides is 2. The zero-order valence-corrected chi connectivity index (χ0v) is 11.8. The fraction of sp³-hybridized carbons (Fsp3) is 0.214. The van der Waals surface area contributed by atoms with E-state index in [4.69, 9.17) is 0 Å². The molecule has 0 aliphatic carbocycles. The minimum Gasteiger partial charge on any atom is -0.478 e. The minimum atomic E-state index is -1.07. The summed E-state index contributed by atoms with van der Waals surface area (Å²) in [5.41, 5.74) is 0.963. The monoisotopic (exact) mass is 288 g/mol. The molecule has 2 aromatic rings. The van der Waals surface area contributed by atoms with Crippen LogP contribution in [0.25, 0.3) is 0 Å². The lowest BCUT2D eigenvalue weighted by Crippen LogP contribution is -2.31. The van der Waals surface area contributed by atoms with Crippen molar-refractivity contribution in [2.24, 2.45) is 0 Å². The molecule has 0 bridgehead atoms. The number of imidazole rings is 1. The van der Waals surface area contributed by atoms with E-state index in [0.717, 1.165) is 0 Å². The lowest BCUT2D eigenvalue weighted by atomic mass is 10.1. The summed E-state index contributed by atoms with van der Waals surface area (Å²) >= 11 is 0. The lowest BCUT2D eigenvalue weighted by Gasteiger charge is -2.18. The highest BCUT2D eigenvalue weighted by atomic mass is 16.4. The van der Waals surface area contributed by atoms with Crippen molar-refractivity contribution in [1.29, 1.82) is 0 Å². The zero-order valence-electron chi connectivity index (χ0n) is 11.8. The largest absolute Gasteiger partial charge is 0.478 e. The summed E-state index contributed by atoms with van der Waals surface area (Å²) in [5.74, 6) is -0.424. The van der Waals surface area contributed by atoms with Gasteiger partial charge in [-0.05, 0) is 18.6 Å². The van der Waals surface area contributed by atoms with Gasteiger partial charge in [0.1, 0.15) is 5.82 Å². The van der Waals surface area contributed by atoms with Crippen molar-refractivity contribution in [2.45, 2.75) is 13.5 Å². The van der Waals surface area contributed by atoms with Gasteiger partial charge >= 0.3 is 12.0 Å². The Morgan fingerprint density at radius 2 is 2.19 bits per heavy atom. The van der Waals surface area contributed by atoms with Crippen LogP contribution in [-0.4, -0.2) is 39.0 Å². The van der Waals surface area contributed by atoms with E-state index in [1.54, 1.807) is 44.6 Å². The molecular formula is C14H16N4O3. The maximum absolute atomic E-state index is 12.1. The summed E-state index contributed by atoms with van der Waals surface area (Å²) in [6, 6.07) is 4.55. The second-order valence-corrected chi connectivity index (χ2v) is 4.62. The number of nitrogens with one attached hydrogen (secondary N) is 2. The first-order valence-electron chi connectivity index (χ1n) is 6.32. The van der Waals surface area contributed by atoms with Gasteiger partial charge < -0.3 is 20.3 Å². The molecule has 0 radical (unpaired) electrons. The third-order valence-electron chi connectivity index (χ3n) is 3.02. The third-order valence-corrected chi connectivity index (χ3v) is 3.02. The maximum atomic E-state index is 12.1. The molecule has 0 aliphatic rings. The molecule has 21 heavy (non-hydrogen) atoms. The number of carboxylic acid groups (broad SMARTS) is 1. The van der Waals surface area contributed by atoms with Crippen LogP contribution in [0.15, 0.2) is 30.6 Å². The summed E-state index contributed by atoms with van der Waals surface area (Å²) in [4.78, 5) is 31.7. The van der Waals surface area contributed by atoms with E-state index in [2.05, 4.69) is 15.3 Å². The number of anilines is 1. The van der Waals surface area contributed by atoms with Crippen LogP contribution >= 0.6 is 0 Å². The quantitative estimate of drug-likeness (QED) is 0.802. The number of aromatic nitrogens is 2. The molecular weight excluding hydrogens is 272 g/mol. The number of benzene rings is 1. The SMILES string of the molecule is Cc1cccc(NC(=O)N(C)Cc2ncc[nH]2)c1C(=O)O. The van der Waals surface area contributed by atoms with E-state index in [1.165, 1.54) is 4.90 Å². The number of hydrogen-bond acceptors (Lipinski definition) is 3. The van der Waals surface area contributed by atoms with Crippen molar-refractivity contribution in [3.63, 3.8) is 0 Å². The fourth-order valence-electron chi connectivity index (χ4n) is 1.95. The molecule has 0 aliphatic heterocycles. The predicted molar refractivity (Wildman–Crippen MR) is 77.2 cm³/mol. The van der Waals surface area contributed by atoms with Crippen LogP contribution in [-0.2, 0) is 6.54 Å². The van der Waals surface area contributed by atoms with Gasteiger partial charge in [-0.2, -0.15) is 0 Å². The average Bonchev–Trinajstić information content (AvgIpc) is 2.91. The van der Waals surface area contributed by atoms with Crippen molar-refractivity contribution in [3.8, 4) is 0 Å². The summed E-state index contributed by atoms with van der Waals surface area (Å²) in [7, 11) is 1.61. The fourth-order valence-corrected chi connectivity index (χ4v) is 1.95. The van der Waals surface area contributed by atoms with Crippen LogP contribution in [0.2, 0.25) is 0 Å². The van der Waals surface area contributed by atoms with Gasteiger partial charge in [0.2, 0.25) is 0 Å². The number of H-pyrrole nitrogens is 1.